The molecule has 0 amide bonds. The van der Waals surface area contributed by atoms with E-state index < -0.39 is 0 Å². The van der Waals surface area contributed by atoms with Gasteiger partial charge in [-0.05, 0) is 37.1 Å². The molecule has 0 bridgehead atoms. The molecule has 1 aliphatic rings. The molecule has 18 heavy (non-hydrogen) atoms. The van der Waals surface area contributed by atoms with E-state index in [1.165, 1.54) is 19.2 Å². The van der Waals surface area contributed by atoms with Crippen LogP contribution in [0.15, 0.2) is 24.3 Å². The highest BCUT2D eigenvalue weighted by atomic mass is 19.1. The highest BCUT2D eigenvalue weighted by Gasteiger charge is 2.25. The van der Waals surface area contributed by atoms with Crippen molar-refractivity contribution in [1.29, 1.82) is 0 Å². The van der Waals surface area contributed by atoms with E-state index in [0.717, 1.165) is 31.4 Å². The van der Waals surface area contributed by atoms with Gasteiger partial charge in [0.15, 0.2) is 0 Å². The second-order valence-corrected chi connectivity index (χ2v) is 4.61. The number of methoxy groups -OCH3 is 1. The summed E-state index contributed by atoms with van der Waals surface area (Å²) in [5, 5.41) is 0. The van der Waals surface area contributed by atoms with Crippen LogP contribution in [0.3, 0.4) is 0 Å². The number of esters is 1. The molecular weight excluding hydrogens is 233 g/mol. The highest BCUT2D eigenvalue weighted by molar-refractivity contribution is 5.71. The number of hydrogen-bond acceptors (Lipinski definition) is 3. The van der Waals surface area contributed by atoms with Crippen molar-refractivity contribution < 1.29 is 13.9 Å². The van der Waals surface area contributed by atoms with Gasteiger partial charge in [0.05, 0.1) is 13.7 Å². The predicted molar refractivity (Wildman–Crippen MR) is 66.6 cm³/mol. The van der Waals surface area contributed by atoms with E-state index in [2.05, 4.69) is 4.90 Å². The molecule has 0 saturated carbocycles. The molecule has 0 radical (unpaired) electrons. The lowest BCUT2D eigenvalue weighted by atomic mass is 9.95. The van der Waals surface area contributed by atoms with E-state index in [1.54, 1.807) is 12.1 Å². The average molecular weight is 251 g/mol. The number of likely N-dealkylation sites (tertiary alicyclic amines) is 1. The zero-order chi connectivity index (χ0) is 13.0. The first-order valence-corrected chi connectivity index (χ1v) is 6.27. The van der Waals surface area contributed by atoms with Crippen molar-refractivity contribution in [3.05, 3.63) is 35.6 Å². The summed E-state index contributed by atoms with van der Waals surface area (Å²) in [4.78, 5) is 13.5. The van der Waals surface area contributed by atoms with Gasteiger partial charge in [-0.1, -0.05) is 18.6 Å². The van der Waals surface area contributed by atoms with E-state index in [1.807, 2.05) is 0 Å². The number of carbonyl (C=O) groups excluding carboxylic acids is 1. The van der Waals surface area contributed by atoms with E-state index in [-0.39, 0.29) is 17.8 Å². The van der Waals surface area contributed by atoms with Crippen LogP contribution >= 0.6 is 0 Å². The maximum Gasteiger partial charge on any atom is 0.319 e. The number of ether oxygens (including phenoxy) is 1. The van der Waals surface area contributed by atoms with Crippen LogP contribution in [-0.4, -0.2) is 31.1 Å². The molecule has 1 saturated heterocycles. The number of rotatable bonds is 3. The minimum absolute atomic E-state index is 0.193. The normalized spacial score (nSPS) is 20.7. The summed E-state index contributed by atoms with van der Waals surface area (Å²) in [6, 6.07) is 6.74. The summed E-state index contributed by atoms with van der Waals surface area (Å²) in [6.07, 6.45) is 3.23. The van der Waals surface area contributed by atoms with Gasteiger partial charge in [0.25, 0.3) is 0 Å². The number of nitrogens with zero attached hydrogens (tertiary/aromatic N) is 1. The molecule has 1 aromatic carbocycles. The van der Waals surface area contributed by atoms with E-state index >= 15 is 0 Å². The van der Waals surface area contributed by atoms with Crippen molar-refractivity contribution in [2.24, 2.45) is 0 Å². The third-order valence-corrected chi connectivity index (χ3v) is 3.43. The molecule has 4 heteroatoms. The summed E-state index contributed by atoms with van der Waals surface area (Å²) >= 11 is 0. The van der Waals surface area contributed by atoms with Gasteiger partial charge in [0.1, 0.15) is 5.82 Å². The topological polar surface area (TPSA) is 29.5 Å². The quantitative estimate of drug-likeness (QED) is 0.773. The zero-order valence-electron chi connectivity index (χ0n) is 10.6. The molecule has 0 spiro atoms. The van der Waals surface area contributed by atoms with Gasteiger partial charge in [-0.3, -0.25) is 9.69 Å². The van der Waals surface area contributed by atoms with Gasteiger partial charge in [-0.25, -0.2) is 4.39 Å². The fourth-order valence-corrected chi connectivity index (χ4v) is 2.47. The Bertz CT molecular complexity index is 405. The molecule has 1 aliphatic heterocycles. The van der Waals surface area contributed by atoms with Crippen LogP contribution in [0.25, 0.3) is 0 Å². The minimum atomic E-state index is -0.228. The summed E-state index contributed by atoms with van der Waals surface area (Å²) in [5.74, 6) is -0.446. The van der Waals surface area contributed by atoms with Crippen molar-refractivity contribution in [3.8, 4) is 0 Å². The van der Waals surface area contributed by atoms with Crippen molar-refractivity contribution in [2.75, 3.05) is 20.2 Å². The smallest absolute Gasteiger partial charge is 0.319 e. The van der Waals surface area contributed by atoms with Crippen LogP contribution in [0.4, 0.5) is 4.39 Å². The Labute approximate surface area is 107 Å². The van der Waals surface area contributed by atoms with E-state index in [4.69, 9.17) is 4.74 Å². The first-order chi connectivity index (χ1) is 8.70. The van der Waals surface area contributed by atoms with Gasteiger partial charge < -0.3 is 4.74 Å². The van der Waals surface area contributed by atoms with Crippen molar-refractivity contribution in [1.82, 2.24) is 4.90 Å². The molecule has 0 N–H and O–H groups in total. The molecule has 1 atom stereocenters. The maximum absolute atomic E-state index is 12.9. The van der Waals surface area contributed by atoms with Gasteiger partial charge in [0, 0.05) is 6.04 Å². The van der Waals surface area contributed by atoms with Crippen LogP contribution in [0.5, 0.6) is 0 Å². The SMILES string of the molecule is COC(=O)CN1CCCC[C@H]1c1ccc(F)cc1. The largest absolute Gasteiger partial charge is 0.468 e. The number of piperidine rings is 1. The molecule has 1 fully saturated rings. The Morgan fingerprint density at radius 3 is 2.78 bits per heavy atom. The van der Waals surface area contributed by atoms with Crippen LogP contribution < -0.4 is 0 Å². The van der Waals surface area contributed by atoms with E-state index in [0.29, 0.717) is 6.54 Å². The summed E-state index contributed by atoms with van der Waals surface area (Å²) in [6.45, 7) is 1.19. The Balaban J connectivity index is 2.12. The van der Waals surface area contributed by atoms with Gasteiger partial charge >= 0.3 is 5.97 Å². The zero-order valence-corrected chi connectivity index (χ0v) is 10.6. The molecule has 98 valence electrons. The van der Waals surface area contributed by atoms with Crippen LogP contribution in [-0.2, 0) is 9.53 Å². The number of halogens is 1. The molecule has 0 aromatic heterocycles. The Morgan fingerprint density at radius 1 is 1.39 bits per heavy atom. The fourth-order valence-electron chi connectivity index (χ4n) is 2.47. The predicted octanol–water partition coefficient (Wildman–Crippen LogP) is 2.53. The highest BCUT2D eigenvalue weighted by Crippen LogP contribution is 2.30. The van der Waals surface area contributed by atoms with Gasteiger partial charge in [-0.2, -0.15) is 0 Å². The fraction of sp³-hybridized carbons (Fsp3) is 0.500. The summed E-state index contributed by atoms with van der Waals surface area (Å²) < 4.78 is 17.6. The molecule has 0 aliphatic carbocycles. The first-order valence-electron chi connectivity index (χ1n) is 6.27. The third kappa shape index (κ3) is 3.07. The second-order valence-electron chi connectivity index (χ2n) is 4.61. The molecular formula is C14H18FNO2. The molecule has 0 unspecified atom stereocenters. The summed E-state index contributed by atoms with van der Waals surface area (Å²) in [7, 11) is 1.40. The van der Waals surface area contributed by atoms with Crippen molar-refractivity contribution >= 4 is 5.97 Å². The second kappa shape index (κ2) is 5.96. The standard InChI is InChI=1S/C14H18FNO2/c1-18-14(17)10-16-9-3-2-4-13(16)11-5-7-12(15)8-6-11/h5-8,13H,2-4,9-10H2,1H3/t13-/m0/s1. The Kier molecular flexibility index (Phi) is 4.31. The average Bonchev–Trinajstić information content (AvgIpc) is 2.40. The third-order valence-electron chi connectivity index (χ3n) is 3.43. The lowest BCUT2D eigenvalue weighted by Crippen LogP contribution is -2.37. The number of benzene rings is 1. The molecule has 3 nitrogen and oxygen atoms in total. The number of hydrogen-bond donors (Lipinski definition) is 0. The lowest BCUT2D eigenvalue weighted by molar-refractivity contribution is -0.143. The summed E-state index contributed by atoms with van der Waals surface area (Å²) in [5.41, 5.74) is 1.07. The van der Waals surface area contributed by atoms with Crippen LogP contribution in [0.1, 0.15) is 30.9 Å². The van der Waals surface area contributed by atoms with Crippen LogP contribution in [0.2, 0.25) is 0 Å². The van der Waals surface area contributed by atoms with Crippen molar-refractivity contribution in [3.63, 3.8) is 0 Å². The minimum Gasteiger partial charge on any atom is -0.468 e. The monoisotopic (exact) mass is 251 g/mol. The maximum atomic E-state index is 12.9. The molecule has 1 heterocycles. The number of carbonyl (C=O) groups is 1. The Hall–Kier alpha value is -1.42. The van der Waals surface area contributed by atoms with Gasteiger partial charge in [0.2, 0.25) is 0 Å². The van der Waals surface area contributed by atoms with Crippen molar-refractivity contribution in [2.45, 2.75) is 25.3 Å². The van der Waals surface area contributed by atoms with Crippen LogP contribution in [0, 0.1) is 5.82 Å². The van der Waals surface area contributed by atoms with Gasteiger partial charge in [-0.15, -0.1) is 0 Å². The lowest BCUT2D eigenvalue weighted by Gasteiger charge is -2.35. The molecule has 2 rings (SSSR count). The first kappa shape index (κ1) is 13.0. The molecule has 1 aromatic rings. The Morgan fingerprint density at radius 2 is 2.11 bits per heavy atom. The van der Waals surface area contributed by atoms with E-state index in [9.17, 15) is 9.18 Å².